The summed E-state index contributed by atoms with van der Waals surface area (Å²) < 4.78 is 18.1. The van der Waals surface area contributed by atoms with E-state index < -0.39 is 0 Å². The van der Waals surface area contributed by atoms with Gasteiger partial charge in [-0.15, -0.1) is 0 Å². The molecule has 21 heavy (non-hydrogen) atoms. The lowest BCUT2D eigenvalue weighted by molar-refractivity contribution is 0.0881. The largest absolute Gasteiger partial charge is 0.490 e. The molecule has 1 saturated heterocycles. The summed E-state index contributed by atoms with van der Waals surface area (Å²) in [6.45, 7) is 7.39. The minimum absolute atomic E-state index is 0.0383. The number of nitrogens with one attached hydrogen (secondary N) is 1. The second kappa shape index (κ2) is 6.15. The fraction of sp³-hybridized carbons (Fsp3) is 0.625. The van der Waals surface area contributed by atoms with Gasteiger partial charge in [0.15, 0.2) is 11.5 Å². The SMILES string of the molecule is CC1OCCC1(C)NCc1cc(Br)c2c(c1)OCCCO2. The summed E-state index contributed by atoms with van der Waals surface area (Å²) in [4.78, 5) is 0. The van der Waals surface area contributed by atoms with E-state index in [4.69, 9.17) is 14.2 Å². The van der Waals surface area contributed by atoms with Gasteiger partial charge in [0.2, 0.25) is 0 Å². The molecule has 0 aliphatic carbocycles. The highest BCUT2D eigenvalue weighted by molar-refractivity contribution is 9.10. The molecule has 2 aliphatic rings. The highest BCUT2D eigenvalue weighted by Gasteiger charge is 2.36. The third-order valence-corrected chi connectivity index (χ3v) is 5.03. The average molecular weight is 356 g/mol. The van der Waals surface area contributed by atoms with Crippen LogP contribution in [0.3, 0.4) is 0 Å². The van der Waals surface area contributed by atoms with Crippen LogP contribution in [0.4, 0.5) is 0 Å². The van der Waals surface area contributed by atoms with Gasteiger partial charge in [-0.05, 0) is 53.9 Å². The number of hydrogen-bond donors (Lipinski definition) is 1. The Kier molecular flexibility index (Phi) is 4.43. The molecule has 5 heteroatoms. The standard InChI is InChI=1S/C16H22BrNO3/c1-11-16(2,4-7-19-11)18-10-12-8-13(17)15-14(9-12)20-5-3-6-21-15/h8-9,11,18H,3-7,10H2,1-2H3. The van der Waals surface area contributed by atoms with E-state index in [1.54, 1.807) is 0 Å². The molecule has 4 nitrogen and oxygen atoms in total. The average Bonchev–Trinajstić information content (AvgIpc) is 2.67. The van der Waals surface area contributed by atoms with Gasteiger partial charge in [0.25, 0.3) is 0 Å². The molecule has 1 N–H and O–H groups in total. The predicted molar refractivity (Wildman–Crippen MR) is 85.0 cm³/mol. The summed E-state index contributed by atoms with van der Waals surface area (Å²) >= 11 is 3.59. The van der Waals surface area contributed by atoms with Crippen LogP contribution in [-0.2, 0) is 11.3 Å². The molecule has 0 bridgehead atoms. The third kappa shape index (κ3) is 3.20. The topological polar surface area (TPSA) is 39.7 Å². The van der Waals surface area contributed by atoms with Gasteiger partial charge in [-0.25, -0.2) is 0 Å². The van der Waals surface area contributed by atoms with Crippen molar-refractivity contribution in [3.63, 3.8) is 0 Å². The predicted octanol–water partition coefficient (Wildman–Crippen LogP) is 3.27. The zero-order valence-corrected chi connectivity index (χ0v) is 14.2. The minimum atomic E-state index is 0.0383. The Hall–Kier alpha value is -0.780. The van der Waals surface area contributed by atoms with Crippen LogP contribution in [0.2, 0.25) is 0 Å². The first-order chi connectivity index (χ1) is 10.1. The van der Waals surface area contributed by atoms with Gasteiger partial charge in [0.1, 0.15) is 0 Å². The molecule has 1 aromatic rings. The lowest BCUT2D eigenvalue weighted by Gasteiger charge is -2.29. The van der Waals surface area contributed by atoms with Crippen molar-refractivity contribution < 1.29 is 14.2 Å². The molecule has 2 atom stereocenters. The number of benzene rings is 1. The summed E-state index contributed by atoms with van der Waals surface area (Å²) in [7, 11) is 0. The van der Waals surface area contributed by atoms with Gasteiger partial charge in [-0.2, -0.15) is 0 Å². The Bertz CT molecular complexity index is 522. The molecule has 0 radical (unpaired) electrons. The fourth-order valence-electron chi connectivity index (χ4n) is 2.76. The maximum absolute atomic E-state index is 5.78. The van der Waals surface area contributed by atoms with Crippen LogP contribution < -0.4 is 14.8 Å². The van der Waals surface area contributed by atoms with E-state index in [0.29, 0.717) is 13.2 Å². The van der Waals surface area contributed by atoms with E-state index in [0.717, 1.165) is 42.0 Å². The maximum atomic E-state index is 5.78. The Balaban J connectivity index is 1.74. The lowest BCUT2D eigenvalue weighted by Crippen LogP contribution is -2.47. The molecule has 116 valence electrons. The quantitative estimate of drug-likeness (QED) is 0.903. The minimum Gasteiger partial charge on any atom is -0.490 e. The smallest absolute Gasteiger partial charge is 0.175 e. The molecule has 1 aromatic carbocycles. The fourth-order valence-corrected chi connectivity index (χ4v) is 3.36. The molecule has 0 saturated carbocycles. The summed E-state index contributed by atoms with van der Waals surface area (Å²) in [5.41, 5.74) is 1.22. The summed E-state index contributed by atoms with van der Waals surface area (Å²) in [5.74, 6) is 1.65. The van der Waals surface area contributed by atoms with Gasteiger partial charge in [0, 0.05) is 25.1 Å². The first-order valence-corrected chi connectivity index (χ1v) is 8.32. The van der Waals surface area contributed by atoms with Gasteiger partial charge in [-0.1, -0.05) is 0 Å². The van der Waals surface area contributed by atoms with E-state index in [1.165, 1.54) is 5.56 Å². The Morgan fingerprint density at radius 3 is 2.86 bits per heavy atom. The number of ether oxygens (including phenoxy) is 3. The molecule has 2 heterocycles. The van der Waals surface area contributed by atoms with Crippen LogP contribution >= 0.6 is 15.9 Å². The second-order valence-electron chi connectivity index (χ2n) is 5.99. The Morgan fingerprint density at radius 2 is 2.10 bits per heavy atom. The van der Waals surface area contributed by atoms with Crippen LogP contribution in [0.15, 0.2) is 16.6 Å². The molecular formula is C16H22BrNO3. The monoisotopic (exact) mass is 355 g/mol. The molecule has 1 fully saturated rings. The van der Waals surface area contributed by atoms with Crippen molar-refractivity contribution in [3.8, 4) is 11.5 Å². The molecule has 0 aromatic heterocycles. The third-order valence-electron chi connectivity index (χ3n) is 4.44. The summed E-state index contributed by atoms with van der Waals surface area (Å²) in [6, 6.07) is 4.17. The lowest BCUT2D eigenvalue weighted by atomic mass is 9.94. The van der Waals surface area contributed by atoms with Crippen molar-refractivity contribution in [1.29, 1.82) is 0 Å². The van der Waals surface area contributed by atoms with Gasteiger partial charge >= 0.3 is 0 Å². The Morgan fingerprint density at radius 1 is 1.29 bits per heavy atom. The van der Waals surface area contributed by atoms with Crippen LogP contribution in [0.5, 0.6) is 11.5 Å². The first kappa shape index (κ1) is 15.1. The van der Waals surface area contributed by atoms with Crippen molar-refractivity contribution in [3.05, 3.63) is 22.2 Å². The van der Waals surface area contributed by atoms with E-state index in [-0.39, 0.29) is 11.6 Å². The van der Waals surface area contributed by atoms with Crippen molar-refractivity contribution in [2.75, 3.05) is 19.8 Å². The molecule has 2 unspecified atom stereocenters. The van der Waals surface area contributed by atoms with E-state index in [2.05, 4.69) is 47.2 Å². The maximum Gasteiger partial charge on any atom is 0.175 e. The van der Waals surface area contributed by atoms with Crippen molar-refractivity contribution in [2.24, 2.45) is 0 Å². The second-order valence-corrected chi connectivity index (χ2v) is 6.84. The number of rotatable bonds is 3. The molecule has 3 rings (SSSR count). The Labute approximate surface area is 134 Å². The van der Waals surface area contributed by atoms with Crippen molar-refractivity contribution in [2.45, 2.75) is 44.9 Å². The zero-order chi connectivity index (χ0) is 14.9. The van der Waals surface area contributed by atoms with Gasteiger partial charge in [-0.3, -0.25) is 0 Å². The zero-order valence-electron chi connectivity index (χ0n) is 12.6. The van der Waals surface area contributed by atoms with E-state index in [9.17, 15) is 0 Å². The number of hydrogen-bond acceptors (Lipinski definition) is 4. The van der Waals surface area contributed by atoms with E-state index in [1.807, 2.05) is 0 Å². The normalized spacial score (nSPS) is 28.4. The van der Waals surface area contributed by atoms with Gasteiger partial charge in [0.05, 0.1) is 23.8 Å². The first-order valence-electron chi connectivity index (χ1n) is 7.53. The highest BCUT2D eigenvalue weighted by Crippen LogP contribution is 2.38. The number of fused-ring (bicyclic) bond motifs is 1. The molecule has 0 spiro atoms. The van der Waals surface area contributed by atoms with E-state index >= 15 is 0 Å². The van der Waals surface area contributed by atoms with Gasteiger partial charge < -0.3 is 19.5 Å². The van der Waals surface area contributed by atoms with Crippen molar-refractivity contribution in [1.82, 2.24) is 5.32 Å². The highest BCUT2D eigenvalue weighted by atomic mass is 79.9. The molecule has 0 amide bonds. The van der Waals surface area contributed by atoms with Crippen molar-refractivity contribution >= 4 is 15.9 Å². The summed E-state index contributed by atoms with van der Waals surface area (Å²) in [5, 5.41) is 3.63. The molecular weight excluding hydrogens is 334 g/mol. The molecule has 2 aliphatic heterocycles. The number of halogens is 1. The van der Waals surface area contributed by atoms with Crippen LogP contribution in [0.25, 0.3) is 0 Å². The van der Waals surface area contributed by atoms with Crippen LogP contribution in [0, 0.1) is 0 Å². The van der Waals surface area contributed by atoms with Crippen LogP contribution in [0.1, 0.15) is 32.3 Å². The summed E-state index contributed by atoms with van der Waals surface area (Å²) in [6.07, 6.45) is 2.20. The van der Waals surface area contributed by atoms with Crippen LogP contribution in [-0.4, -0.2) is 31.5 Å².